The van der Waals surface area contributed by atoms with Crippen molar-refractivity contribution in [3.63, 3.8) is 0 Å². The molecular formula is C16H14N4O2. The maximum atomic E-state index is 11.8. The molecule has 0 saturated carbocycles. The molecule has 0 aliphatic carbocycles. The minimum atomic E-state index is -0.521. The minimum Gasteiger partial charge on any atom is -0.410 e. The highest BCUT2D eigenvalue weighted by atomic mass is 16.6. The summed E-state index contributed by atoms with van der Waals surface area (Å²) in [5.41, 5.74) is 1.70. The van der Waals surface area contributed by atoms with Gasteiger partial charge < -0.3 is 4.74 Å². The van der Waals surface area contributed by atoms with Crippen LogP contribution in [-0.4, -0.2) is 21.1 Å². The fraction of sp³-hybridized carbons (Fsp3) is 0.0625. The summed E-state index contributed by atoms with van der Waals surface area (Å²) in [4.78, 5) is 13.4. The van der Waals surface area contributed by atoms with E-state index in [2.05, 4.69) is 15.5 Å². The van der Waals surface area contributed by atoms with E-state index in [4.69, 9.17) is 4.74 Å². The molecule has 1 amide bonds. The Bertz CT molecular complexity index is 725. The van der Waals surface area contributed by atoms with Crippen LogP contribution in [0.2, 0.25) is 0 Å². The molecule has 6 nitrogen and oxygen atoms in total. The molecule has 0 atom stereocenters. The number of aromatic nitrogens is 3. The SMILES string of the molecule is O=C(Nc1ccc(Cn2nccn2)cc1)Oc1ccccc1. The summed E-state index contributed by atoms with van der Waals surface area (Å²) in [6, 6.07) is 16.3. The molecule has 110 valence electrons. The van der Waals surface area contributed by atoms with E-state index in [1.54, 1.807) is 41.5 Å². The molecule has 0 fully saturated rings. The van der Waals surface area contributed by atoms with Gasteiger partial charge in [-0.15, -0.1) is 0 Å². The summed E-state index contributed by atoms with van der Waals surface area (Å²) in [6.07, 6.45) is 2.75. The second-order valence-corrected chi connectivity index (χ2v) is 4.58. The molecule has 1 N–H and O–H groups in total. The van der Waals surface area contributed by atoms with Gasteiger partial charge >= 0.3 is 6.09 Å². The number of para-hydroxylation sites is 1. The van der Waals surface area contributed by atoms with Gasteiger partial charge in [-0.25, -0.2) is 4.79 Å². The second kappa shape index (κ2) is 6.53. The van der Waals surface area contributed by atoms with Crippen molar-refractivity contribution >= 4 is 11.8 Å². The number of hydrogen-bond acceptors (Lipinski definition) is 4. The number of carbonyl (C=O) groups excluding carboxylic acids is 1. The van der Waals surface area contributed by atoms with Crippen LogP contribution >= 0.6 is 0 Å². The van der Waals surface area contributed by atoms with Crippen molar-refractivity contribution in [1.29, 1.82) is 0 Å². The average Bonchev–Trinajstić information content (AvgIpc) is 3.03. The van der Waals surface area contributed by atoms with Crippen LogP contribution in [0.15, 0.2) is 67.0 Å². The summed E-state index contributed by atoms with van der Waals surface area (Å²) >= 11 is 0. The molecule has 0 spiro atoms. The molecule has 0 aliphatic heterocycles. The van der Waals surface area contributed by atoms with E-state index >= 15 is 0 Å². The summed E-state index contributed by atoms with van der Waals surface area (Å²) in [5.74, 6) is 0.501. The van der Waals surface area contributed by atoms with E-state index in [0.717, 1.165) is 5.56 Å². The lowest BCUT2D eigenvalue weighted by Gasteiger charge is -2.07. The van der Waals surface area contributed by atoms with Crippen LogP contribution in [0, 0.1) is 0 Å². The Labute approximate surface area is 127 Å². The molecule has 0 saturated heterocycles. The zero-order chi connectivity index (χ0) is 15.2. The second-order valence-electron chi connectivity index (χ2n) is 4.58. The van der Waals surface area contributed by atoms with Gasteiger partial charge in [0.05, 0.1) is 18.9 Å². The van der Waals surface area contributed by atoms with Crippen molar-refractivity contribution < 1.29 is 9.53 Å². The first-order valence-electron chi connectivity index (χ1n) is 6.76. The average molecular weight is 294 g/mol. The number of hydrogen-bond donors (Lipinski definition) is 1. The monoisotopic (exact) mass is 294 g/mol. The van der Waals surface area contributed by atoms with Crippen molar-refractivity contribution in [3.8, 4) is 5.75 Å². The maximum absolute atomic E-state index is 11.8. The number of nitrogens with one attached hydrogen (secondary N) is 1. The standard InChI is InChI=1S/C16H14N4O2/c21-16(22-15-4-2-1-3-5-15)19-14-8-6-13(7-9-14)12-20-17-10-11-18-20/h1-11H,12H2,(H,19,21). The maximum Gasteiger partial charge on any atom is 0.417 e. The number of rotatable bonds is 4. The molecule has 0 aliphatic rings. The van der Waals surface area contributed by atoms with Gasteiger partial charge in [0.2, 0.25) is 0 Å². The highest BCUT2D eigenvalue weighted by Gasteiger charge is 2.05. The van der Waals surface area contributed by atoms with Crippen LogP contribution in [0.4, 0.5) is 10.5 Å². The molecule has 22 heavy (non-hydrogen) atoms. The molecular weight excluding hydrogens is 280 g/mol. The number of nitrogens with zero attached hydrogens (tertiary/aromatic N) is 3. The third-order valence-electron chi connectivity index (χ3n) is 2.94. The van der Waals surface area contributed by atoms with Crippen molar-refractivity contribution in [2.45, 2.75) is 6.54 Å². The van der Waals surface area contributed by atoms with E-state index in [1.165, 1.54) is 0 Å². The normalized spacial score (nSPS) is 10.2. The topological polar surface area (TPSA) is 69.0 Å². The fourth-order valence-corrected chi connectivity index (χ4v) is 1.92. The van der Waals surface area contributed by atoms with Crippen molar-refractivity contribution in [1.82, 2.24) is 15.0 Å². The highest BCUT2D eigenvalue weighted by molar-refractivity contribution is 5.86. The Morgan fingerprint density at radius 1 is 1.00 bits per heavy atom. The molecule has 1 aromatic heterocycles. The third kappa shape index (κ3) is 3.69. The summed E-state index contributed by atoms with van der Waals surface area (Å²) < 4.78 is 5.16. The number of amides is 1. The van der Waals surface area contributed by atoms with Gasteiger partial charge in [-0.1, -0.05) is 30.3 Å². The van der Waals surface area contributed by atoms with Crippen LogP contribution in [0.1, 0.15) is 5.56 Å². The van der Waals surface area contributed by atoms with Gasteiger partial charge in [-0.3, -0.25) is 5.32 Å². The number of carbonyl (C=O) groups is 1. The predicted octanol–water partition coefficient (Wildman–Crippen LogP) is 2.94. The predicted molar refractivity (Wildman–Crippen MR) is 81.7 cm³/mol. The van der Waals surface area contributed by atoms with Gasteiger partial charge in [0.1, 0.15) is 5.75 Å². The van der Waals surface area contributed by atoms with Crippen molar-refractivity contribution in [2.75, 3.05) is 5.32 Å². The lowest BCUT2D eigenvalue weighted by Crippen LogP contribution is -2.16. The van der Waals surface area contributed by atoms with Crippen molar-refractivity contribution in [3.05, 3.63) is 72.6 Å². The molecule has 0 radical (unpaired) electrons. The van der Waals surface area contributed by atoms with Crippen LogP contribution in [-0.2, 0) is 6.54 Å². The summed E-state index contributed by atoms with van der Waals surface area (Å²) in [6.45, 7) is 0.585. The van der Waals surface area contributed by atoms with Crippen molar-refractivity contribution in [2.24, 2.45) is 0 Å². The summed E-state index contributed by atoms with van der Waals surface area (Å²) in [7, 11) is 0. The van der Waals surface area contributed by atoms with E-state index in [9.17, 15) is 4.79 Å². The van der Waals surface area contributed by atoms with Gasteiger partial charge in [0, 0.05) is 5.69 Å². The molecule has 6 heteroatoms. The lowest BCUT2D eigenvalue weighted by molar-refractivity contribution is 0.215. The van der Waals surface area contributed by atoms with E-state index in [-0.39, 0.29) is 0 Å². The minimum absolute atomic E-state index is 0.501. The van der Waals surface area contributed by atoms with Gasteiger partial charge in [-0.2, -0.15) is 15.0 Å². The number of anilines is 1. The highest BCUT2D eigenvalue weighted by Crippen LogP contribution is 2.13. The molecule has 2 aromatic carbocycles. The Kier molecular flexibility index (Phi) is 4.10. The zero-order valence-corrected chi connectivity index (χ0v) is 11.7. The first-order chi connectivity index (χ1) is 10.8. The molecule has 0 bridgehead atoms. The molecule has 1 heterocycles. The number of ether oxygens (including phenoxy) is 1. The Morgan fingerprint density at radius 3 is 2.36 bits per heavy atom. The van der Waals surface area contributed by atoms with Crippen LogP contribution < -0.4 is 10.1 Å². The Hall–Kier alpha value is -3.15. The summed E-state index contributed by atoms with van der Waals surface area (Å²) in [5, 5.41) is 10.8. The quantitative estimate of drug-likeness (QED) is 0.803. The number of benzene rings is 2. The van der Waals surface area contributed by atoms with Gasteiger partial charge in [0.15, 0.2) is 0 Å². The van der Waals surface area contributed by atoms with E-state index in [1.807, 2.05) is 30.3 Å². The Morgan fingerprint density at radius 2 is 1.68 bits per heavy atom. The largest absolute Gasteiger partial charge is 0.417 e. The van der Waals surface area contributed by atoms with E-state index in [0.29, 0.717) is 18.0 Å². The zero-order valence-electron chi connectivity index (χ0n) is 11.7. The Balaban J connectivity index is 1.57. The van der Waals surface area contributed by atoms with Gasteiger partial charge in [-0.05, 0) is 29.8 Å². The van der Waals surface area contributed by atoms with Crippen LogP contribution in [0.3, 0.4) is 0 Å². The van der Waals surface area contributed by atoms with Gasteiger partial charge in [0.25, 0.3) is 0 Å². The molecule has 0 unspecified atom stereocenters. The fourth-order valence-electron chi connectivity index (χ4n) is 1.92. The molecule has 3 aromatic rings. The third-order valence-corrected chi connectivity index (χ3v) is 2.94. The van der Waals surface area contributed by atoms with Crippen LogP contribution in [0.25, 0.3) is 0 Å². The molecule has 3 rings (SSSR count). The lowest BCUT2D eigenvalue weighted by atomic mass is 10.2. The first-order valence-corrected chi connectivity index (χ1v) is 6.76. The first kappa shape index (κ1) is 13.8. The van der Waals surface area contributed by atoms with E-state index < -0.39 is 6.09 Å². The smallest absolute Gasteiger partial charge is 0.410 e. The van der Waals surface area contributed by atoms with Crippen LogP contribution in [0.5, 0.6) is 5.75 Å².